The number of carbonyl (C=O) groups excluding carboxylic acids is 1. The fraction of sp³-hybridized carbons (Fsp3) is 0.471. The molecule has 24 heavy (non-hydrogen) atoms. The number of aromatic nitrogens is 2. The van der Waals surface area contributed by atoms with Crippen LogP contribution in [0.25, 0.3) is 0 Å². The molecule has 2 unspecified atom stereocenters. The summed E-state index contributed by atoms with van der Waals surface area (Å²) in [6, 6.07) is 5.65. The number of likely N-dealkylation sites (tertiary alicyclic amines) is 1. The van der Waals surface area contributed by atoms with E-state index in [9.17, 15) is 4.79 Å². The first-order valence-electron chi connectivity index (χ1n) is 8.13. The molecule has 1 aliphatic carbocycles. The molecule has 1 saturated carbocycles. The minimum atomic E-state index is 0.0715. The van der Waals surface area contributed by atoms with E-state index in [1.54, 1.807) is 6.07 Å². The summed E-state index contributed by atoms with van der Waals surface area (Å²) >= 11 is 12.0. The predicted octanol–water partition coefficient (Wildman–Crippen LogP) is 3.89. The van der Waals surface area contributed by atoms with Gasteiger partial charge in [0.05, 0.1) is 10.0 Å². The summed E-state index contributed by atoms with van der Waals surface area (Å²) in [4.78, 5) is 14.7. The molecule has 0 bridgehead atoms. The van der Waals surface area contributed by atoms with Gasteiger partial charge >= 0.3 is 0 Å². The number of piperidine rings is 1. The maximum atomic E-state index is 12.7. The van der Waals surface area contributed by atoms with Crippen LogP contribution in [0.15, 0.2) is 29.0 Å². The van der Waals surface area contributed by atoms with Gasteiger partial charge in [0.1, 0.15) is 0 Å². The lowest BCUT2D eigenvalue weighted by molar-refractivity contribution is -0.133. The van der Waals surface area contributed by atoms with Crippen LogP contribution >= 0.6 is 23.2 Å². The zero-order valence-electron chi connectivity index (χ0n) is 13.0. The van der Waals surface area contributed by atoms with Crippen LogP contribution in [0.3, 0.4) is 0 Å². The van der Waals surface area contributed by atoms with Crippen LogP contribution in [0, 0.1) is 5.92 Å². The number of benzene rings is 1. The van der Waals surface area contributed by atoms with Gasteiger partial charge in [-0.25, -0.2) is 0 Å². The van der Waals surface area contributed by atoms with Crippen molar-refractivity contribution in [3.05, 3.63) is 46.1 Å². The average molecular weight is 366 g/mol. The largest absolute Gasteiger partial charge is 0.428 e. The Bertz CT molecular complexity index is 742. The van der Waals surface area contributed by atoms with Gasteiger partial charge in [-0.05, 0) is 42.9 Å². The highest BCUT2D eigenvalue weighted by atomic mass is 35.5. The van der Waals surface area contributed by atoms with Crippen molar-refractivity contribution in [1.29, 1.82) is 0 Å². The van der Waals surface area contributed by atoms with Crippen molar-refractivity contribution in [2.24, 2.45) is 5.92 Å². The SMILES string of the molecule is O=C(C1CC1c1ccc(Cl)c(Cl)c1)N1CCC(c2nnco2)CC1. The molecule has 1 aliphatic heterocycles. The van der Waals surface area contributed by atoms with E-state index in [2.05, 4.69) is 10.2 Å². The lowest BCUT2D eigenvalue weighted by Crippen LogP contribution is -2.39. The maximum Gasteiger partial charge on any atom is 0.226 e. The first-order chi connectivity index (χ1) is 11.6. The van der Waals surface area contributed by atoms with Crippen LogP contribution < -0.4 is 0 Å². The zero-order chi connectivity index (χ0) is 16.7. The maximum absolute atomic E-state index is 12.7. The summed E-state index contributed by atoms with van der Waals surface area (Å²) in [6.07, 6.45) is 4.00. The van der Waals surface area contributed by atoms with E-state index >= 15 is 0 Å². The Labute approximate surface area is 149 Å². The highest BCUT2D eigenvalue weighted by Gasteiger charge is 2.46. The lowest BCUT2D eigenvalue weighted by atomic mass is 9.96. The fourth-order valence-electron chi connectivity index (χ4n) is 3.52. The van der Waals surface area contributed by atoms with Gasteiger partial charge in [0.15, 0.2) is 0 Å². The van der Waals surface area contributed by atoms with Gasteiger partial charge in [-0.3, -0.25) is 4.79 Å². The monoisotopic (exact) mass is 365 g/mol. The highest BCUT2D eigenvalue weighted by molar-refractivity contribution is 6.42. The van der Waals surface area contributed by atoms with E-state index in [1.165, 1.54) is 6.39 Å². The van der Waals surface area contributed by atoms with Gasteiger partial charge in [-0.2, -0.15) is 0 Å². The summed E-state index contributed by atoms with van der Waals surface area (Å²) < 4.78 is 5.28. The molecule has 2 aliphatic rings. The molecular weight excluding hydrogens is 349 g/mol. The third-order valence-corrected chi connectivity index (χ3v) is 5.75. The lowest BCUT2D eigenvalue weighted by Gasteiger charge is -2.30. The second-order valence-corrected chi connectivity index (χ2v) is 7.31. The van der Waals surface area contributed by atoms with Crippen molar-refractivity contribution in [3.63, 3.8) is 0 Å². The molecule has 1 aromatic heterocycles. The molecule has 2 atom stereocenters. The minimum absolute atomic E-state index is 0.0715. The molecule has 2 fully saturated rings. The Balaban J connectivity index is 1.35. The van der Waals surface area contributed by atoms with Crippen LogP contribution in [0.1, 0.15) is 42.6 Å². The molecule has 0 radical (unpaired) electrons. The summed E-state index contributed by atoms with van der Waals surface area (Å²) in [6.45, 7) is 1.49. The Morgan fingerprint density at radius 2 is 2.00 bits per heavy atom. The predicted molar refractivity (Wildman–Crippen MR) is 90.2 cm³/mol. The second-order valence-electron chi connectivity index (χ2n) is 6.50. The Hall–Kier alpha value is -1.59. The van der Waals surface area contributed by atoms with Crippen molar-refractivity contribution >= 4 is 29.1 Å². The minimum Gasteiger partial charge on any atom is -0.428 e. The van der Waals surface area contributed by atoms with Crippen LogP contribution in [-0.4, -0.2) is 34.1 Å². The Morgan fingerprint density at radius 1 is 1.21 bits per heavy atom. The molecule has 1 amide bonds. The summed E-state index contributed by atoms with van der Waals surface area (Å²) in [5, 5.41) is 8.81. The topological polar surface area (TPSA) is 59.2 Å². The van der Waals surface area contributed by atoms with Crippen LogP contribution in [-0.2, 0) is 4.79 Å². The first-order valence-corrected chi connectivity index (χ1v) is 8.89. The Morgan fingerprint density at radius 3 is 2.67 bits per heavy atom. The van der Waals surface area contributed by atoms with Gasteiger partial charge in [-0.1, -0.05) is 29.3 Å². The van der Waals surface area contributed by atoms with E-state index in [1.807, 2.05) is 17.0 Å². The average Bonchev–Trinajstić information content (AvgIpc) is 3.21. The number of amides is 1. The van der Waals surface area contributed by atoms with E-state index in [-0.39, 0.29) is 23.7 Å². The molecule has 1 saturated heterocycles. The normalized spacial score (nSPS) is 24.2. The van der Waals surface area contributed by atoms with Crippen LogP contribution in [0.2, 0.25) is 10.0 Å². The van der Waals surface area contributed by atoms with Crippen molar-refractivity contribution in [3.8, 4) is 0 Å². The van der Waals surface area contributed by atoms with E-state index < -0.39 is 0 Å². The molecule has 4 rings (SSSR count). The zero-order valence-corrected chi connectivity index (χ0v) is 14.5. The first kappa shape index (κ1) is 15.9. The van der Waals surface area contributed by atoms with Gasteiger partial charge in [0.2, 0.25) is 18.2 Å². The molecule has 1 aromatic carbocycles. The van der Waals surface area contributed by atoms with Gasteiger partial charge in [0.25, 0.3) is 0 Å². The molecule has 7 heteroatoms. The number of halogens is 2. The van der Waals surface area contributed by atoms with E-state index in [0.717, 1.165) is 37.9 Å². The third-order valence-electron chi connectivity index (χ3n) is 5.01. The standard InChI is InChI=1S/C17H17Cl2N3O2/c18-14-2-1-11(7-15(14)19)12-8-13(12)17(23)22-5-3-10(4-6-22)16-21-20-9-24-16/h1-2,7,9-10,12-13H,3-6,8H2. The number of hydrogen-bond acceptors (Lipinski definition) is 4. The van der Waals surface area contributed by atoms with Crippen LogP contribution in [0.5, 0.6) is 0 Å². The smallest absolute Gasteiger partial charge is 0.226 e. The van der Waals surface area contributed by atoms with Crippen molar-refractivity contribution in [1.82, 2.24) is 15.1 Å². The summed E-state index contributed by atoms with van der Waals surface area (Å²) in [5.41, 5.74) is 1.10. The number of carbonyl (C=O) groups is 1. The molecule has 2 heterocycles. The third kappa shape index (κ3) is 3.03. The molecule has 0 spiro atoms. The summed E-state index contributed by atoms with van der Waals surface area (Å²) in [5.74, 6) is 1.53. The van der Waals surface area contributed by atoms with E-state index in [0.29, 0.717) is 15.9 Å². The molecule has 126 valence electrons. The molecule has 2 aromatic rings. The molecule has 5 nitrogen and oxygen atoms in total. The highest BCUT2D eigenvalue weighted by Crippen LogP contribution is 2.49. The van der Waals surface area contributed by atoms with Crippen molar-refractivity contribution in [2.45, 2.75) is 31.1 Å². The van der Waals surface area contributed by atoms with Crippen molar-refractivity contribution in [2.75, 3.05) is 13.1 Å². The van der Waals surface area contributed by atoms with Crippen LogP contribution in [0.4, 0.5) is 0 Å². The fourth-order valence-corrected chi connectivity index (χ4v) is 3.83. The number of hydrogen-bond donors (Lipinski definition) is 0. The quantitative estimate of drug-likeness (QED) is 0.827. The molecular formula is C17H17Cl2N3O2. The second kappa shape index (κ2) is 6.37. The summed E-state index contributed by atoms with van der Waals surface area (Å²) in [7, 11) is 0. The molecule has 0 N–H and O–H groups in total. The van der Waals surface area contributed by atoms with Gasteiger partial charge < -0.3 is 9.32 Å². The van der Waals surface area contributed by atoms with E-state index in [4.69, 9.17) is 27.6 Å². The van der Waals surface area contributed by atoms with Gasteiger partial charge in [0, 0.05) is 24.9 Å². The number of nitrogens with zero attached hydrogens (tertiary/aromatic N) is 3. The Kier molecular flexibility index (Phi) is 4.22. The number of rotatable bonds is 3. The van der Waals surface area contributed by atoms with Crippen molar-refractivity contribution < 1.29 is 9.21 Å². The van der Waals surface area contributed by atoms with Gasteiger partial charge in [-0.15, -0.1) is 10.2 Å².